The Bertz CT molecular complexity index is 574. The summed E-state index contributed by atoms with van der Waals surface area (Å²) in [6.45, 7) is 1.61. The van der Waals surface area contributed by atoms with Crippen LogP contribution in [-0.2, 0) is 4.79 Å². The van der Waals surface area contributed by atoms with Gasteiger partial charge in [-0.3, -0.25) is 14.6 Å². The SMILES string of the molecule is NCC#Cc1cnccc1C(=O)N1CCNC(=O)CC1. The summed E-state index contributed by atoms with van der Waals surface area (Å²) in [5.74, 6) is 5.41. The van der Waals surface area contributed by atoms with Crippen molar-refractivity contribution < 1.29 is 9.59 Å². The summed E-state index contributed by atoms with van der Waals surface area (Å²) in [6.07, 6.45) is 3.43. The molecule has 6 heteroatoms. The Kier molecular flexibility index (Phi) is 4.69. The number of rotatable bonds is 1. The highest BCUT2D eigenvalue weighted by Gasteiger charge is 2.21. The lowest BCUT2D eigenvalue weighted by Crippen LogP contribution is -2.34. The highest BCUT2D eigenvalue weighted by atomic mass is 16.2. The van der Waals surface area contributed by atoms with Crippen molar-refractivity contribution in [2.75, 3.05) is 26.2 Å². The molecule has 2 rings (SSSR count). The van der Waals surface area contributed by atoms with Gasteiger partial charge in [-0.25, -0.2) is 0 Å². The van der Waals surface area contributed by atoms with Crippen LogP contribution in [0.25, 0.3) is 0 Å². The third-order valence-electron chi connectivity index (χ3n) is 2.98. The number of carbonyl (C=O) groups is 2. The Balaban J connectivity index is 2.22. The molecule has 1 saturated heterocycles. The average Bonchev–Trinajstić information content (AvgIpc) is 2.69. The molecule has 1 aliphatic rings. The second-order valence-corrected chi connectivity index (χ2v) is 4.32. The zero-order valence-electron chi connectivity index (χ0n) is 11.1. The van der Waals surface area contributed by atoms with Crippen LogP contribution in [-0.4, -0.2) is 47.9 Å². The predicted octanol–water partition coefficient (Wildman–Crippen LogP) is -0.646. The molecule has 104 valence electrons. The number of nitrogens with one attached hydrogen (secondary N) is 1. The van der Waals surface area contributed by atoms with Gasteiger partial charge in [0.2, 0.25) is 5.91 Å². The molecule has 0 atom stereocenters. The molecule has 20 heavy (non-hydrogen) atoms. The first-order chi connectivity index (χ1) is 9.72. The minimum absolute atomic E-state index is 0.0295. The van der Waals surface area contributed by atoms with Gasteiger partial charge in [0.25, 0.3) is 5.91 Å². The maximum absolute atomic E-state index is 12.5. The van der Waals surface area contributed by atoms with E-state index >= 15 is 0 Å². The molecular formula is C14H16N4O2. The van der Waals surface area contributed by atoms with Crippen molar-refractivity contribution in [2.24, 2.45) is 5.73 Å². The van der Waals surface area contributed by atoms with Crippen LogP contribution in [0.1, 0.15) is 22.3 Å². The van der Waals surface area contributed by atoms with E-state index in [0.29, 0.717) is 37.2 Å². The Hall–Kier alpha value is -2.39. The number of nitrogens with two attached hydrogens (primary N) is 1. The van der Waals surface area contributed by atoms with Crippen molar-refractivity contribution in [3.8, 4) is 11.8 Å². The third kappa shape index (κ3) is 3.33. The van der Waals surface area contributed by atoms with E-state index in [1.807, 2.05) is 0 Å². The molecule has 1 aliphatic heterocycles. The Morgan fingerprint density at radius 3 is 3.15 bits per heavy atom. The molecule has 0 aliphatic carbocycles. The summed E-state index contributed by atoms with van der Waals surface area (Å²) in [5, 5.41) is 2.74. The molecule has 1 fully saturated rings. The molecule has 0 spiro atoms. The Morgan fingerprint density at radius 1 is 1.50 bits per heavy atom. The van der Waals surface area contributed by atoms with E-state index in [2.05, 4.69) is 22.1 Å². The van der Waals surface area contributed by atoms with Gasteiger partial charge in [-0.05, 0) is 6.07 Å². The Labute approximate surface area is 117 Å². The highest BCUT2D eigenvalue weighted by molar-refractivity contribution is 5.97. The molecule has 2 amide bonds. The first-order valence-electron chi connectivity index (χ1n) is 6.41. The number of hydrogen-bond donors (Lipinski definition) is 2. The van der Waals surface area contributed by atoms with Gasteiger partial charge in [0.05, 0.1) is 17.7 Å². The summed E-state index contributed by atoms with van der Waals surface area (Å²) < 4.78 is 0. The lowest BCUT2D eigenvalue weighted by Gasteiger charge is -2.20. The van der Waals surface area contributed by atoms with Gasteiger partial charge >= 0.3 is 0 Å². The molecular weight excluding hydrogens is 256 g/mol. The van der Waals surface area contributed by atoms with Crippen molar-refractivity contribution in [3.63, 3.8) is 0 Å². The van der Waals surface area contributed by atoms with E-state index in [-0.39, 0.29) is 18.4 Å². The number of carbonyl (C=O) groups excluding carboxylic acids is 2. The molecule has 2 heterocycles. The number of amides is 2. The molecule has 1 aromatic rings. The standard InChI is InChI=1S/C14H16N4O2/c15-5-1-2-11-10-16-6-3-12(11)14(20)18-8-4-13(19)17-7-9-18/h3,6,10H,4-5,7-9,15H2,(H,17,19). The van der Waals surface area contributed by atoms with Crippen LogP contribution < -0.4 is 11.1 Å². The van der Waals surface area contributed by atoms with Crippen molar-refractivity contribution in [2.45, 2.75) is 6.42 Å². The summed E-state index contributed by atoms with van der Waals surface area (Å²) in [6, 6.07) is 1.64. The van der Waals surface area contributed by atoms with Gasteiger partial charge in [-0.2, -0.15) is 0 Å². The van der Waals surface area contributed by atoms with Crippen molar-refractivity contribution >= 4 is 11.8 Å². The smallest absolute Gasteiger partial charge is 0.255 e. The van der Waals surface area contributed by atoms with E-state index in [1.54, 1.807) is 23.4 Å². The molecule has 3 N–H and O–H groups in total. The largest absolute Gasteiger partial charge is 0.354 e. The quantitative estimate of drug-likeness (QED) is 0.665. The fourth-order valence-corrected chi connectivity index (χ4v) is 1.97. The van der Waals surface area contributed by atoms with E-state index in [0.717, 1.165) is 0 Å². The van der Waals surface area contributed by atoms with Crippen LogP contribution in [0.2, 0.25) is 0 Å². The minimum Gasteiger partial charge on any atom is -0.354 e. The average molecular weight is 272 g/mol. The molecule has 0 saturated carbocycles. The fraction of sp³-hybridized carbons (Fsp3) is 0.357. The number of hydrogen-bond acceptors (Lipinski definition) is 4. The first kappa shape index (κ1) is 14.0. The highest BCUT2D eigenvalue weighted by Crippen LogP contribution is 2.11. The number of nitrogens with zero attached hydrogens (tertiary/aromatic N) is 2. The summed E-state index contributed by atoms with van der Waals surface area (Å²) >= 11 is 0. The first-order valence-corrected chi connectivity index (χ1v) is 6.41. The molecule has 6 nitrogen and oxygen atoms in total. The molecule has 0 unspecified atom stereocenters. The van der Waals surface area contributed by atoms with Crippen LogP contribution in [0, 0.1) is 11.8 Å². The van der Waals surface area contributed by atoms with Crippen molar-refractivity contribution in [1.82, 2.24) is 15.2 Å². The van der Waals surface area contributed by atoms with Gasteiger partial charge in [-0.15, -0.1) is 0 Å². The summed E-state index contributed by atoms with van der Waals surface area (Å²) in [4.78, 5) is 29.4. The maximum atomic E-state index is 12.5. The van der Waals surface area contributed by atoms with E-state index < -0.39 is 0 Å². The van der Waals surface area contributed by atoms with Crippen molar-refractivity contribution in [1.29, 1.82) is 0 Å². The van der Waals surface area contributed by atoms with Gasteiger partial charge in [0.1, 0.15) is 0 Å². The van der Waals surface area contributed by atoms with Crippen LogP contribution >= 0.6 is 0 Å². The molecule has 0 radical (unpaired) electrons. The zero-order valence-corrected chi connectivity index (χ0v) is 11.1. The van der Waals surface area contributed by atoms with Gasteiger partial charge < -0.3 is 16.0 Å². The lowest BCUT2D eigenvalue weighted by molar-refractivity contribution is -0.120. The predicted molar refractivity (Wildman–Crippen MR) is 73.7 cm³/mol. The van der Waals surface area contributed by atoms with Crippen molar-refractivity contribution in [3.05, 3.63) is 29.6 Å². The number of aromatic nitrogens is 1. The molecule has 0 aromatic carbocycles. The second kappa shape index (κ2) is 6.68. The second-order valence-electron chi connectivity index (χ2n) is 4.32. The van der Waals surface area contributed by atoms with Crippen LogP contribution in [0.3, 0.4) is 0 Å². The third-order valence-corrected chi connectivity index (χ3v) is 2.98. The molecule has 1 aromatic heterocycles. The van der Waals surface area contributed by atoms with Gasteiger partial charge in [0.15, 0.2) is 0 Å². The van der Waals surface area contributed by atoms with Crippen LogP contribution in [0.15, 0.2) is 18.5 Å². The van der Waals surface area contributed by atoms with E-state index in [1.165, 1.54) is 0 Å². The van der Waals surface area contributed by atoms with E-state index in [4.69, 9.17) is 5.73 Å². The van der Waals surface area contributed by atoms with Gasteiger partial charge in [0, 0.05) is 38.4 Å². The monoisotopic (exact) mass is 272 g/mol. The topological polar surface area (TPSA) is 88.3 Å². The van der Waals surface area contributed by atoms with Crippen LogP contribution in [0.5, 0.6) is 0 Å². The van der Waals surface area contributed by atoms with E-state index in [9.17, 15) is 9.59 Å². The maximum Gasteiger partial charge on any atom is 0.255 e. The zero-order chi connectivity index (χ0) is 14.4. The summed E-state index contributed by atoms with van der Waals surface area (Å²) in [7, 11) is 0. The normalized spacial score (nSPS) is 14.8. The minimum atomic E-state index is -0.134. The lowest BCUT2D eigenvalue weighted by atomic mass is 10.1. The number of pyridine rings is 1. The fourth-order valence-electron chi connectivity index (χ4n) is 1.97. The molecule has 0 bridgehead atoms. The summed E-state index contributed by atoms with van der Waals surface area (Å²) in [5.41, 5.74) is 6.40. The Morgan fingerprint density at radius 2 is 2.35 bits per heavy atom. The van der Waals surface area contributed by atoms with Gasteiger partial charge in [-0.1, -0.05) is 11.8 Å². The van der Waals surface area contributed by atoms with Crippen LogP contribution in [0.4, 0.5) is 0 Å².